The maximum absolute atomic E-state index is 11.8. The number of pyridine rings is 1. The number of aliphatic hydroxyl groups is 1. The zero-order valence-corrected chi connectivity index (χ0v) is 12.3. The number of carbonyl (C=O) groups excluding carboxylic acids is 1. The maximum atomic E-state index is 11.8. The van der Waals surface area contributed by atoms with Gasteiger partial charge in [0.25, 0.3) is 0 Å². The Morgan fingerprint density at radius 2 is 2.24 bits per heavy atom. The van der Waals surface area contributed by atoms with E-state index in [1.54, 1.807) is 29.5 Å². The van der Waals surface area contributed by atoms with Crippen molar-refractivity contribution in [3.63, 3.8) is 0 Å². The molecule has 0 aliphatic heterocycles. The van der Waals surface area contributed by atoms with Gasteiger partial charge >= 0.3 is 0 Å². The Kier molecular flexibility index (Phi) is 5.95. The Balaban J connectivity index is 1.82. The second kappa shape index (κ2) is 8.20. The summed E-state index contributed by atoms with van der Waals surface area (Å²) < 4.78 is 0. The van der Waals surface area contributed by atoms with Crippen LogP contribution in [0.5, 0.6) is 0 Å². The van der Waals surface area contributed by atoms with Gasteiger partial charge in [0.05, 0.1) is 0 Å². The molecule has 108 valence electrons. The van der Waals surface area contributed by atoms with Gasteiger partial charge < -0.3 is 10.4 Å². The van der Waals surface area contributed by atoms with Crippen LogP contribution >= 0.6 is 11.3 Å². The summed E-state index contributed by atoms with van der Waals surface area (Å²) in [6, 6.07) is 9.32. The Hall–Kier alpha value is -2.16. The molecule has 0 spiro atoms. The molecule has 0 aliphatic carbocycles. The molecule has 1 amide bonds. The van der Waals surface area contributed by atoms with Crippen LogP contribution in [0, 0.1) is 11.8 Å². The molecular formula is C16H16N2O2S. The fourth-order valence-electron chi connectivity index (χ4n) is 1.79. The topological polar surface area (TPSA) is 62.2 Å². The lowest BCUT2D eigenvalue weighted by atomic mass is 10.2. The molecule has 0 aromatic carbocycles. The number of aryl methyl sites for hydroxylation is 1. The van der Waals surface area contributed by atoms with Crippen LogP contribution in [0.25, 0.3) is 0 Å². The number of anilines is 1. The molecule has 2 rings (SSSR count). The van der Waals surface area contributed by atoms with Crippen molar-refractivity contribution >= 4 is 23.1 Å². The zero-order valence-electron chi connectivity index (χ0n) is 11.5. The highest BCUT2D eigenvalue weighted by atomic mass is 32.1. The lowest BCUT2D eigenvalue weighted by Crippen LogP contribution is -2.12. The van der Waals surface area contributed by atoms with E-state index in [1.165, 1.54) is 4.88 Å². The summed E-state index contributed by atoms with van der Waals surface area (Å²) in [6.45, 7) is -0.207. The van der Waals surface area contributed by atoms with Crippen molar-refractivity contribution < 1.29 is 9.90 Å². The molecule has 4 nitrogen and oxygen atoms in total. The largest absolute Gasteiger partial charge is 0.384 e. The highest BCUT2D eigenvalue weighted by Gasteiger charge is 2.04. The van der Waals surface area contributed by atoms with Crippen molar-refractivity contribution in [2.24, 2.45) is 0 Å². The van der Waals surface area contributed by atoms with Gasteiger partial charge in [0.1, 0.15) is 18.1 Å². The molecule has 0 bridgehead atoms. The van der Waals surface area contributed by atoms with Crippen molar-refractivity contribution in [1.29, 1.82) is 0 Å². The molecule has 0 saturated carbocycles. The molecule has 2 N–H and O–H groups in total. The second-order valence-electron chi connectivity index (χ2n) is 4.35. The SMILES string of the molecule is O=C(CCCc1cccs1)Nc1cccc(C#CCO)n1. The molecule has 2 heterocycles. The molecule has 2 aromatic heterocycles. The van der Waals surface area contributed by atoms with Crippen LogP contribution < -0.4 is 5.32 Å². The Morgan fingerprint density at radius 3 is 3.00 bits per heavy atom. The van der Waals surface area contributed by atoms with Gasteiger partial charge in [0.15, 0.2) is 0 Å². The van der Waals surface area contributed by atoms with Gasteiger partial charge in [-0.15, -0.1) is 11.3 Å². The first kappa shape index (κ1) is 15.2. The Morgan fingerprint density at radius 1 is 1.33 bits per heavy atom. The maximum Gasteiger partial charge on any atom is 0.225 e. The van der Waals surface area contributed by atoms with E-state index >= 15 is 0 Å². The van der Waals surface area contributed by atoms with Crippen LogP contribution in [0.15, 0.2) is 35.7 Å². The van der Waals surface area contributed by atoms with E-state index in [0.717, 1.165) is 12.8 Å². The standard InChI is InChI=1S/C16H16N2O2S/c19-11-3-6-13-5-1-9-15(17-13)18-16(20)10-2-7-14-8-4-12-21-14/h1,4-5,8-9,12,19H,2,7,10-11H2,(H,17,18,20). The molecule has 0 aliphatic rings. The van der Waals surface area contributed by atoms with Crippen molar-refractivity contribution in [3.8, 4) is 11.8 Å². The molecular weight excluding hydrogens is 284 g/mol. The molecule has 0 atom stereocenters. The van der Waals surface area contributed by atoms with Gasteiger partial charge in [-0.25, -0.2) is 4.98 Å². The van der Waals surface area contributed by atoms with E-state index in [1.807, 2.05) is 11.4 Å². The lowest BCUT2D eigenvalue weighted by molar-refractivity contribution is -0.116. The minimum atomic E-state index is -0.207. The van der Waals surface area contributed by atoms with E-state index in [9.17, 15) is 4.79 Å². The summed E-state index contributed by atoms with van der Waals surface area (Å²) in [4.78, 5) is 17.3. The molecule has 0 unspecified atom stereocenters. The third kappa shape index (κ3) is 5.38. The molecule has 21 heavy (non-hydrogen) atoms. The number of rotatable bonds is 5. The molecule has 0 fully saturated rings. The van der Waals surface area contributed by atoms with E-state index in [0.29, 0.717) is 17.9 Å². The first-order chi connectivity index (χ1) is 10.3. The summed E-state index contributed by atoms with van der Waals surface area (Å²) in [6.07, 6.45) is 2.20. The monoisotopic (exact) mass is 300 g/mol. The Bertz CT molecular complexity index is 642. The zero-order chi connectivity index (χ0) is 14.9. The number of amides is 1. The smallest absolute Gasteiger partial charge is 0.225 e. The number of nitrogens with zero attached hydrogens (tertiary/aromatic N) is 1. The van der Waals surface area contributed by atoms with Gasteiger partial charge in [0, 0.05) is 11.3 Å². The van der Waals surface area contributed by atoms with Crippen molar-refractivity contribution in [2.75, 3.05) is 11.9 Å². The van der Waals surface area contributed by atoms with Gasteiger partial charge in [0.2, 0.25) is 5.91 Å². The summed E-state index contributed by atoms with van der Waals surface area (Å²) in [5.41, 5.74) is 0.528. The normalized spacial score (nSPS) is 9.76. The highest BCUT2D eigenvalue weighted by molar-refractivity contribution is 7.09. The predicted octanol–water partition coefficient (Wildman–Crippen LogP) is 2.45. The molecule has 0 radical (unpaired) electrons. The summed E-state index contributed by atoms with van der Waals surface area (Å²) in [7, 11) is 0. The number of hydrogen-bond acceptors (Lipinski definition) is 4. The highest BCUT2D eigenvalue weighted by Crippen LogP contribution is 2.12. The molecule has 5 heteroatoms. The number of carbonyl (C=O) groups is 1. The first-order valence-electron chi connectivity index (χ1n) is 6.67. The van der Waals surface area contributed by atoms with Crippen LogP contribution in [0.3, 0.4) is 0 Å². The summed E-state index contributed by atoms with van der Waals surface area (Å²) in [5.74, 6) is 5.67. The quantitative estimate of drug-likeness (QED) is 0.834. The van der Waals surface area contributed by atoms with Gasteiger partial charge in [-0.05, 0) is 42.3 Å². The van der Waals surface area contributed by atoms with Crippen LogP contribution in [-0.4, -0.2) is 22.6 Å². The number of aromatic nitrogens is 1. The Labute approximate surface area is 127 Å². The average molecular weight is 300 g/mol. The third-order valence-electron chi connectivity index (χ3n) is 2.72. The van der Waals surface area contributed by atoms with E-state index in [-0.39, 0.29) is 12.5 Å². The van der Waals surface area contributed by atoms with Gasteiger partial charge in [-0.3, -0.25) is 4.79 Å². The molecule has 2 aromatic rings. The van der Waals surface area contributed by atoms with Gasteiger partial charge in [-0.1, -0.05) is 18.1 Å². The van der Waals surface area contributed by atoms with Crippen LogP contribution in [0.2, 0.25) is 0 Å². The van der Waals surface area contributed by atoms with Gasteiger partial charge in [-0.2, -0.15) is 0 Å². The lowest BCUT2D eigenvalue weighted by Gasteiger charge is -2.04. The van der Waals surface area contributed by atoms with E-state index in [2.05, 4.69) is 28.2 Å². The number of thiophene rings is 1. The van der Waals surface area contributed by atoms with E-state index in [4.69, 9.17) is 5.11 Å². The average Bonchev–Trinajstić information content (AvgIpc) is 2.99. The van der Waals surface area contributed by atoms with E-state index < -0.39 is 0 Å². The fourth-order valence-corrected chi connectivity index (χ4v) is 2.54. The third-order valence-corrected chi connectivity index (χ3v) is 3.66. The van der Waals surface area contributed by atoms with Crippen molar-refractivity contribution in [3.05, 3.63) is 46.3 Å². The van der Waals surface area contributed by atoms with Crippen LogP contribution in [-0.2, 0) is 11.2 Å². The minimum absolute atomic E-state index is 0.0497. The predicted molar refractivity (Wildman–Crippen MR) is 84.1 cm³/mol. The number of hydrogen-bond donors (Lipinski definition) is 2. The first-order valence-corrected chi connectivity index (χ1v) is 7.55. The van der Waals surface area contributed by atoms with Crippen LogP contribution in [0.4, 0.5) is 5.82 Å². The number of nitrogens with one attached hydrogen (secondary N) is 1. The summed E-state index contributed by atoms with van der Waals surface area (Å²) in [5, 5.41) is 13.4. The van der Waals surface area contributed by atoms with Crippen LogP contribution in [0.1, 0.15) is 23.4 Å². The summed E-state index contributed by atoms with van der Waals surface area (Å²) >= 11 is 1.71. The molecule has 0 saturated heterocycles. The minimum Gasteiger partial charge on any atom is -0.384 e. The fraction of sp³-hybridized carbons (Fsp3) is 0.250. The number of aliphatic hydroxyl groups excluding tert-OH is 1. The van der Waals surface area contributed by atoms with Crippen molar-refractivity contribution in [2.45, 2.75) is 19.3 Å². The van der Waals surface area contributed by atoms with Crippen molar-refractivity contribution in [1.82, 2.24) is 4.98 Å². The second-order valence-corrected chi connectivity index (χ2v) is 5.38.